The Labute approximate surface area is 96.9 Å². The minimum absolute atomic E-state index is 0.119. The Bertz CT molecular complexity index is 209. The third kappa shape index (κ3) is 3.09. The summed E-state index contributed by atoms with van der Waals surface area (Å²) in [5, 5.41) is 3.26. The average molecular weight is 230 g/mol. The minimum atomic E-state index is 0.119. The van der Waals surface area contributed by atoms with Crippen LogP contribution in [0.4, 0.5) is 0 Å². The zero-order valence-corrected chi connectivity index (χ0v) is 10.6. The Balaban J connectivity index is 1.64. The fourth-order valence-electron chi connectivity index (χ4n) is 2.08. The maximum absolute atomic E-state index is 5.91. The first-order chi connectivity index (χ1) is 7.20. The van der Waals surface area contributed by atoms with Crippen LogP contribution in [0.1, 0.15) is 13.8 Å². The van der Waals surface area contributed by atoms with Crippen molar-refractivity contribution in [3.63, 3.8) is 0 Å². The monoisotopic (exact) mass is 230 g/mol. The minimum Gasteiger partial charge on any atom is -0.371 e. The van der Waals surface area contributed by atoms with Crippen LogP contribution >= 0.6 is 11.8 Å². The predicted octanol–water partition coefficient (Wildman–Crippen LogP) is 0.802. The largest absolute Gasteiger partial charge is 0.371 e. The first-order valence-corrected chi connectivity index (χ1v) is 7.02. The van der Waals surface area contributed by atoms with Crippen LogP contribution in [0.25, 0.3) is 0 Å². The number of nitrogens with one attached hydrogen (secondary N) is 1. The van der Waals surface area contributed by atoms with E-state index in [4.69, 9.17) is 4.74 Å². The summed E-state index contributed by atoms with van der Waals surface area (Å²) in [6.45, 7) is 9.74. The van der Waals surface area contributed by atoms with Gasteiger partial charge >= 0.3 is 0 Å². The Morgan fingerprint density at radius 1 is 1.53 bits per heavy atom. The molecule has 0 amide bonds. The van der Waals surface area contributed by atoms with Crippen molar-refractivity contribution < 1.29 is 4.74 Å². The molecule has 2 rings (SSSR count). The van der Waals surface area contributed by atoms with E-state index in [9.17, 15) is 0 Å². The van der Waals surface area contributed by atoms with Gasteiger partial charge in [0.1, 0.15) is 0 Å². The van der Waals surface area contributed by atoms with Gasteiger partial charge in [-0.25, -0.2) is 0 Å². The van der Waals surface area contributed by atoms with Gasteiger partial charge in [0.2, 0.25) is 0 Å². The molecular weight excluding hydrogens is 208 g/mol. The van der Waals surface area contributed by atoms with Crippen LogP contribution in [0.2, 0.25) is 0 Å². The average Bonchev–Trinajstić information content (AvgIpc) is 2.18. The van der Waals surface area contributed by atoms with Crippen LogP contribution in [0.5, 0.6) is 0 Å². The molecule has 0 bridgehead atoms. The molecule has 2 heterocycles. The molecule has 4 heteroatoms. The zero-order chi connectivity index (χ0) is 10.7. The highest BCUT2D eigenvalue weighted by atomic mass is 32.2. The first-order valence-electron chi connectivity index (χ1n) is 5.86. The summed E-state index contributed by atoms with van der Waals surface area (Å²) in [5.41, 5.74) is 0.119. The molecular formula is C11H22N2OS. The summed E-state index contributed by atoms with van der Waals surface area (Å²) in [5.74, 6) is 2.56. The van der Waals surface area contributed by atoms with Crippen molar-refractivity contribution in [3.8, 4) is 0 Å². The SMILES string of the molecule is CC1CSCCN1CCOC1(C)CNC1. The van der Waals surface area contributed by atoms with Crippen molar-refractivity contribution in [1.82, 2.24) is 10.2 Å². The lowest BCUT2D eigenvalue weighted by atomic mass is 10.0. The number of thioether (sulfide) groups is 1. The fourth-order valence-corrected chi connectivity index (χ4v) is 3.16. The van der Waals surface area contributed by atoms with Gasteiger partial charge in [-0.15, -0.1) is 0 Å². The topological polar surface area (TPSA) is 24.5 Å². The lowest BCUT2D eigenvalue weighted by Crippen LogP contribution is -2.59. The van der Waals surface area contributed by atoms with Gasteiger partial charge in [0.05, 0.1) is 12.2 Å². The molecule has 2 fully saturated rings. The maximum atomic E-state index is 5.91. The second kappa shape index (κ2) is 5.04. The fraction of sp³-hybridized carbons (Fsp3) is 1.00. The van der Waals surface area contributed by atoms with Gasteiger partial charge in [0.25, 0.3) is 0 Å². The molecule has 0 aromatic carbocycles. The molecule has 1 unspecified atom stereocenters. The van der Waals surface area contributed by atoms with Gasteiger partial charge in [-0.05, 0) is 13.8 Å². The van der Waals surface area contributed by atoms with Crippen molar-refractivity contribution in [2.45, 2.75) is 25.5 Å². The van der Waals surface area contributed by atoms with E-state index in [-0.39, 0.29) is 5.60 Å². The van der Waals surface area contributed by atoms with E-state index in [0.717, 1.165) is 32.3 Å². The lowest BCUT2D eigenvalue weighted by molar-refractivity contribution is -0.0734. The molecule has 1 N–H and O–H groups in total. The Morgan fingerprint density at radius 3 is 2.93 bits per heavy atom. The third-order valence-electron chi connectivity index (χ3n) is 3.33. The van der Waals surface area contributed by atoms with Gasteiger partial charge in [-0.1, -0.05) is 0 Å². The number of ether oxygens (including phenoxy) is 1. The normalized spacial score (nSPS) is 31.2. The second-order valence-electron chi connectivity index (χ2n) is 4.86. The molecule has 0 aromatic rings. The van der Waals surface area contributed by atoms with E-state index in [1.165, 1.54) is 18.1 Å². The van der Waals surface area contributed by atoms with Crippen molar-refractivity contribution in [2.75, 3.05) is 44.3 Å². The molecule has 0 aliphatic carbocycles. The van der Waals surface area contributed by atoms with Crippen molar-refractivity contribution >= 4 is 11.8 Å². The molecule has 2 saturated heterocycles. The summed E-state index contributed by atoms with van der Waals surface area (Å²) >= 11 is 2.07. The van der Waals surface area contributed by atoms with E-state index in [0.29, 0.717) is 0 Å². The van der Waals surface area contributed by atoms with E-state index in [2.05, 4.69) is 35.8 Å². The van der Waals surface area contributed by atoms with Crippen LogP contribution in [-0.4, -0.2) is 60.8 Å². The van der Waals surface area contributed by atoms with Crippen LogP contribution in [0.3, 0.4) is 0 Å². The summed E-state index contributed by atoms with van der Waals surface area (Å²) in [4.78, 5) is 2.55. The Morgan fingerprint density at radius 2 is 2.33 bits per heavy atom. The quantitative estimate of drug-likeness (QED) is 0.772. The second-order valence-corrected chi connectivity index (χ2v) is 6.01. The maximum Gasteiger partial charge on any atom is 0.0902 e. The molecule has 1 atom stereocenters. The highest BCUT2D eigenvalue weighted by molar-refractivity contribution is 7.99. The predicted molar refractivity (Wildman–Crippen MR) is 65.6 cm³/mol. The van der Waals surface area contributed by atoms with Gasteiger partial charge in [0, 0.05) is 43.7 Å². The molecule has 0 spiro atoms. The smallest absolute Gasteiger partial charge is 0.0902 e. The summed E-state index contributed by atoms with van der Waals surface area (Å²) in [6, 6.07) is 0.722. The summed E-state index contributed by atoms with van der Waals surface area (Å²) in [7, 11) is 0. The van der Waals surface area contributed by atoms with Gasteiger partial charge < -0.3 is 10.1 Å². The van der Waals surface area contributed by atoms with Crippen LogP contribution < -0.4 is 5.32 Å². The van der Waals surface area contributed by atoms with Crippen LogP contribution in [0, 0.1) is 0 Å². The molecule has 15 heavy (non-hydrogen) atoms. The molecule has 3 nitrogen and oxygen atoms in total. The summed E-state index contributed by atoms with van der Waals surface area (Å²) < 4.78 is 5.91. The van der Waals surface area contributed by atoms with Gasteiger partial charge in [0.15, 0.2) is 0 Å². The number of nitrogens with zero attached hydrogens (tertiary/aromatic N) is 1. The molecule has 0 saturated carbocycles. The van der Waals surface area contributed by atoms with Gasteiger partial charge in [-0.2, -0.15) is 11.8 Å². The van der Waals surface area contributed by atoms with Crippen molar-refractivity contribution in [3.05, 3.63) is 0 Å². The van der Waals surface area contributed by atoms with Crippen molar-refractivity contribution in [1.29, 1.82) is 0 Å². The number of hydrogen-bond donors (Lipinski definition) is 1. The number of rotatable bonds is 4. The van der Waals surface area contributed by atoms with E-state index < -0.39 is 0 Å². The van der Waals surface area contributed by atoms with Crippen LogP contribution in [-0.2, 0) is 4.74 Å². The highest BCUT2D eigenvalue weighted by Gasteiger charge is 2.32. The first kappa shape index (κ1) is 11.7. The Hall–Kier alpha value is 0.230. The summed E-state index contributed by atoms with van der Waals surface area (Å²) in [6.07, 6.45) is 0. The lowest BCUT2D eigenvalue weighted by Gasteiger charge is -2.40. The molecule has 2 aliphatic heterocycles. The van der Waals surface area contributed by atoms with E-state index in [1.807, 2.05) is 0 Å². The van der Waals surface area contributed by atoms with Gasteiger partial charge in [-0.3, -0.25) is 4.90 Å². The van der Waals surface area contributed by atoms with E-state index >= 15 is 0 Å². The third-order valence-corrected chi connectivity index (χ3v) is 4.52. The molecule has 88 valence electrons. The standard InChI is InChI=1S/C11H22N2OS/c1-10-7-15-6-4-13(10)3-5-14-11(2)8-12-9-11/h10,12H,3-9H2,1-2H3. The molecule has 2 aliphatic rings. The molecule has 0 aromatic heterocycles. The van der Waals surface area contributed by atoms with E-state index in [1.54, 1.807) is 0 Å². The zero-order valence-electron chi connectivity index (χ0n) is 9.79. The van der Waals surface area contributed by atoms with Crippen LogP contribution in [0.15, 0.2) is 0 Å². The highest BCUT2D eigenvalue weighted by Crippen LogP contribution is 2.17. The Kier molecular flexibility index (Phi) is 3.93. The number of hydrogen-bond acceptors (Lipinski definition) is 4. The molecule has 0 radical (unpaired) electrons. The van der Waals surface area contributed by atoms with Crippen molar-refractivity contribution in [2.24, 2.45) is 0 Å².